The van der Waals surface area contributed by atoms with Gasteiger partial charge in [-0.2, -0.15) is 18.3 Å². The monoisotopic (exact) mass is 300 g/mol. The molecule has 0 N–H and O–H groups in total. The van der Waals surface area contributed by atoms with Crippen LogP contribution in [0.5, 0.6) is 0 Å². The van der Waals surface area contributed by atoms with Crippen LogP contribution in [0.4, 0.5) is 19.0 Å². The molecule has 0 aromatic carbocycles. The fraction of sp³-hybridized carbons (Fsp3) is 0.615. The van der Waals surface area contributed by atoms with E-state index in [4.69, 9.17) is 0 Å². The number of halogens is 3. The topological polar surface area (TPSA) is 49.3 Å². The zero-order valence-electron chi connectivity index (χ0n) is 11.4. The van der Waals surface area contributed by atoms with E-state index in [1.54, 1.807) is 0 Å². The van der Waals surface area contributed by atoms with Crippen molar-refractivity contribution in [1.29, 1.82) is 0 Å². The SMILES string of the molecule is O=C(N1CCN(c2cc3c(nn2)CCC3)CC1)C(F)(F)F. The number of aryl methyl sites for hydroxylation is 2. The van der Waals surface area contributed by atoms with Crippen molar-refractivity contribution in [2.45, 2.75) is 25.4 Å². The van der Waals surface area contributed by atoms with Crippen LogP contribution in [0.2, 0.25) is 0 Å². The maximum Gasteiger partial charge on any atom is 0.471 e. The second-order valence-electron chi connectivity index (χ2n) is 5.31. The van der Waals surface area contributed by atoms with Crippen molar-refractivity contribution in [3.8, 4) is 0 Å². The zero-order valence-corrected chi connectivity index (χ0v) is 11.4. The van der Waals surface area contributed by atoms with Crippen LogP contribution in [0.1, 0.15) is 17.7 Å². The molecule has 114 valence electrons. The van der Waals surface area contributed by atoms with Gasteiger partial charge in [0.15, 0.2) is 5.82 Å². The number of rotatable bonds is 1. The van der Waals surface area contributed by atoms with Gasteiger partial charge in [0.25, 0.3) is 0 Å². The van der Waals surface area contributed by atoms with E-state index >= 15 is 0 Å². The molecule has 1 saturated heterocycles. The number of amides is 1. The van der Waals surface area contributed by atoms with E-state index in [1.807, 2.05) is 11.0 Å². The first-order chi connectivity index (χ1) is 9.95. The molecule has 2 aliphatic rings. The number of hydrogen-bond donors (Lipinski definition) is 0. The highest BCUT2D eigenvalue weighted by atomic mass is 19.4. The van der Waals surface area contributed by atoms with Crippen LogP contribution in [-0.2, 0) is 17.6 Å². The average molecular weight is 300 g/mol. The summed E-state index contributed by atoms with van der Waals surface area (Å²) in [5, 5.41) is 8.32. The number of hydrogen-bond acceptors (Lipinski definition) is 4. The van der Waals surface area contributed by atoms with Crippen molar-refractivity contribution in [2.24, 2.45) is 0 Å². The van der Waals surface area contributed by atoms with E-state index in [-0.39, 0.29) is 13.1 Å². The molecule has 0 spiro atoms. The van der Waals surface area contributed by atoms with Crippen LogP contribution in [-0.4, -0.2) is 53.4 Å². The number of aromatic nitrogens is 2. The molecule has 1 aromatic heterocycles. The van der Waals surface area contributed by atoms with Crippen LogP contribution < -0.4 is 4.90 Å². The van der Waals surface area contributed by atoms with Crippen LogP contribution in [0.25, 0.3) is 0 Å². The summed E-state index contributed by atoms with van der Waals surface area (Å²) in [7, 11) is 0. The van der Waals surface area contributed by atoms with Gasteiger partial charge >= 0.3 is 12.1 Å². The predicted octanol–water partition coefficient (Wildman–Crippen LogP) is 1.18. The highest BCUT2D eigenvalue weighted by Crippen LogP contribution is 2.24. The number of piperazine rings is 1. The molecule has 0 bridgehead atoms. The summed E-state index contributed by atoms with van der Waals surface area (Å²) in [6, 6.07) is 1.97. The Morgan fingerprint density at radius 3 is 2.48 bits per heavy atom. The van der Waals surface area contributed by atoms with Crippen molar-refractivity contribution in [3.05, 3.63) is 17.3 Å². The molecule has 5 nitrogen and oxygen atoms in total. The van der Waals surface area contributed by atoms with Gasteiger partial charge in [-0.25, -0.2) is 0 Å². The van der Waals surface area contributed by atoms with Gasteiger partial charge in [-0.1, -0.05) is 0 Å². The molecule has 1 aliphatic carbocycles. The highest BCUT2D eigenvalue weighted by molar-refractivity contribution is 5.82. The van der Waals surface area contributed by atoms with E-state index in [0.717, 1.165) is 29.9 Å². The lowest BCUT2D eigenvalue weighted by Crippen LogP contribution is -2.52. The fourth-order valence-electron chi connectivity index (χ4n) is 2.79. The second-order valence-corrected chi connectivity index (χ2v) is 5.31. The minimum atomic E-state index is -4.80. The van der Waals surface area contributed by atoms with Gasteiger partial charge < -0.3 is 9.80 Å². The Morgan fingerprint density at radius 1 is 1.10 bits per heavy atom. The normalized spacial score (nSPS) is 18.8. The lowest BCUT2D eigenvalue weighted by molar-refractivity contribution is -0.185. The molecule has 1 aromatic rings. The Balaban J connectivity index is 1.65. The molecule has 1 fully saturated rings. The Kier molecular flexibility index (Phi) is 3.46. The van der Waals surface area contributed by atoms with Gasteiger partial charge in [0, 0.05) is 26.2 Å². The molecule has 21 heavy (non-hydrogen) atoms. The third kappa shape index (κ3) is 2.79. The van der Waals surface area contributed by atoms with Crippen LogP contribution >= 0.6 is 0 Å². The van der Waals surface area contributed by atoms with Crippen molar-refractivity contribution < 1.29 is 18.0 Å². The fourth-order valence-corrected chi connectivity index (χ4v) is 2.79. The average Bonchev–Trinajstić information content (AvgIpc) is 2.93. The summed E-state index contributed by atoms with van der Waals surface area (Å²) in [6.07, 6.45) is -1.81. The Bertz CT molecular complexity index is 553. The summed E-state index contributed by atoms with van der Waals surface area (Å²) in [5.41, 5.74) is 2.19. The Hall–Kier alpha value is -1.86. The van der Waals surface area contributed by atoms with E-state index in [9.17, 15) is 18.0 Å². The van der Waals surface area contributed by atoms with Crippen molar-refractivity contribution in [3.63, 3.8) is 0 Å². The Morgan fingerprint density at radius 2 is 1.81 bits per heavy atom. The van der Waals surface area contributed by atoms with Gasteiger partial charge in [-0.05, 0) is 30.9 Å². The minimum Gasteiger partial charge on any atom is -0.352 e. The van der Waals surface area contributed by atoms with E-state index in [1.165, 1.54) is 5.56 Å². The number of nitrogens with zero attached hydrogens (tertiary/aromatic N) is 4. The van der Waals surface area contributed by atoms with Crippen LogP contribution in [0.15, 0.2) is 6.07 Å². The minimum absolute atomic E-state index is 0.0527. The van der Waals surface area contributed by atoms with Crippen LogP contribution in [0.3, 0.4) is 0 Å². The smallest absolute Gasteiger partial charge is 0.352 e. The van der Waals surface area contributed by atoms with Gasteiger partial charge in [-0.15, -0.1) is 5.10 Å². The van der Waals surface area contributed by atoms with Gasteiger partial charge in [0.2, 0.25) is 0 Å². The molecule has 2 heterocycles. The summed E-state index contributed by atoms with van der Waals surface area (Å²) < 4.78 is 37.1. The molecule has 1 aliphatic heterocycles. The number of carbonyl (C=O) groups is 1. The number of anilines is 1. The van der Waals surface area contributed by atoms with Crippen molar-refractivity contribution in [2.75, 3.05) is 31.1 Å². The molecule has 8 heteroatoms. The third-order valence-corrected chi connectivity index (χ3v) is 3.94. The van der Waals surface area contributed by atoms with E-state index in [0.29, 0.717) is 18.9 Å². The molecular formula is C13H15F3N4O. The highest BCUT2D eigenvalue weighted by Gasteiger charge is 2.43. The lowest BCUT2D eigenvalue weighted by Gasteiger charge is -2.35. The summed E-state index contributed by atoms with van der Waals surface area (Å²) in [5.74, 6) is -1.07. The number of fused-ring (bicyclic) bond motifs is 1. The second kappa shape index (κ2) is 5.16. The summed E-state index contributed by atoms with van der Waals surface area (Å²) in [6.45, 7) is 0.790. The Labute approximate surface area is 119 Å². The first-order valence-corrected chi connectivity index (χ1v) is 6.91. The lowest BCUT2D eigenvalue weighted by atomic mass is 10.2. The molecule has 1 amide bonds. The molecule has 0 unspecified atom stereocenters. The molecule has 3 rings (SSSR count). The predicted molar refractivity (Wildman–Crippen MR) is 68.9 cm³/mol. The first kappa shape index (κ1) is 14.1. The molecule has 0 atom stereocenters. The largest absolute Gasteiger partial charge is 0.471 e. The molecular weight excluding hydrogens is 285 g/mol. The van der Waals surface area contributed by atoms with Gasteiger partial charge in [0.1, 0.15) is 0 Å². The third-order valence-electron chi connectivity index (χ3n) is 3.94. The maximum atomic E-state index is 12.4. The van der Waals surface area contributed by atoms with Crippen LogP contribution in [0, 0.1) is 0 Å². The van der Waals surface area contributed by atoms with Crippen molar-refractivity contribution in [1.82, 2.24) is 15.1 Å². The standard InChI is InChI=1S/C13H15F3N4O/c14-13(15,16)12(21)20-6-4-19(5-7-20)11-8-9-2-1-3-10(9)17-18-11/h8H,1-7H2. The molecule has 0 saturated carbocycles. The van der Waals surface area contributed by atoms with Crippen molar-refractivity contribution >= 4 is 11.7 Å². The summed E-state index contributed by atoms with van der Waals surface area (Å²) in [4.78, 5) is 13.9. The number of carbonyl (C=O) groups excluding carboxylic acids is 1. The van der Waals surface area contributed by atoms with E-state index in [2.05, 4.69) is 10.2 Å². The summed E-state index contributed by atoms with van der Waals surface area (Å²) >= 11 is 0. The zero-order chi connectivity index (χ0) is 15.0. The maximum absolute atomic E-state index is 12.4. The number of alkyl halides is 3. The first-order valence-electron chi connectivity index (χ1n) is 6.91. The van der Waals surface area contributed by atoms with Gasteiger partial charge in [-0.3, -0.25) is 4.79 Å². The van der Waals surface area contributed by atoms with E-state index < -0.39 is 12.1 Å². The molecule has 0 radical (unpaired) electrons. The quantitative estimate of drug-likeness (QED) is 0.781. The van der Waals surface area contributed by atoms with Gasteiger partial charge in [0.05, 0.1) is 5.69 Å².